The van der Waals surface area contributed by atoms with Crippen LogP contribution in [0.4, 0.5) is 5.13 Å². The molecule has 1 aromatic heterocycles. The van der Waals surface area contributed by atoms with E-state index in [1.165, 1.54) is 52.1 Å². The molecule has 9 heteroatoms. The second-order valence-corrected chi connectivity index (χ2v) is 11.1. The summed E-state index contributed by atoms with van der Waals surface area (Å²) in [6.45, 7) is 7.88. The fourth-order valence-corrected chi connectivity index (χ4v) is 6.09. The third-order valence-electron chi connectivity index (χ3n) is 5.65. The number of thiazole rings is 1. The minimum atomic E-state index is -3.77. The highest BCUT2D eigenvalue weighted by molar-refractivity contribution is 7.89. The minimum absolute atomic E-state index is 0.0921. The maximum absolute atomic E-state index is 13.7. The highest BCUT2D eigenvalue weighted by atomic mass is 32.2. The van der Waals surface area contributed by atoms with E-state index in [0.717, 1.165) is 15.8 Å². The zero-order chi connectivity index (χ0) is 26.4. The van der Waals surface area contributed by atoms with Crippen molar-refractivity contribution in [3.05, 3.63) is 109 Å². The van der Waals surface area contributed by atoms with Gasteiger partial charge in [-0.05, 0) is 42.0 Å². The Morgan fingerprint density at radius 1 is 1.00 bits per heavy atom. The van der Waals surface area contributed by atoms with E-state index < -0.39 is 10.0 Å². The molecule has 0 N–H and O–H groups in total. The third-order valence-corrected chi connectivity index (χ3v) is 8.55. The van der Waals surface area contributed by atoms with Gasteiger partial charge in [0.25, 0.3) is 5.91 Å². The van der Waals surface area contributed by atoms with Gasteiger partial charge >= 0.3 is 0 Å². The lowest BCUT2D eigenvalue weighted by molar-refractivity contribution is 0.0985. The average Bonchev–Trinajstić information content (AvgIpc) is 3.35. The highest BCUT2D eigenvalue weighted by Gasteiger charge is 2.25. The number of rotatable bonds is 11. The topological polar surface area (TPSA) is 79.8 Å². The van der Waals surface area contributed by atoms with Crippen LogP contribution in [-0.4, -0.2) is 43.8 Å². The summed E-state index contributed by atoms with van der Waals surface area (Å²) >= 11 is 1.41. The number of methoxy groups -OCH3 is 1. The van der Waals surface area contributed by atoms with Crippen LogP contribution >= 0.6 is 11.3 Å². The normalized spacial score (nSPS) is 11.4. The molecule has 4 rings (SSSR count). The number of anilines is 1. The molecule has 0 aliphatic carbocycles. The van der Waals surface area contributed by atoms with Gasteiger partial charge in [0.2, 0.25) is 10.0 Å². The molecule has 0 aliphatic heterocycles. The van der Waals surface area contributed by atoms with Crippen LogP contribution in [0.25, 0.3) is 10.2 Å². The van der Waals surface area contributed by atoms with Gasteiger partial charge < -0.3 is 4.74 Å². The summed E-state index contributed by atoms with van der Waals surface area (Å²) < 4.78 is 33.6. The van der Waals surface area contributed by atoms with Crippen molar-refractivity contribution in [2.45, 2.75) is 11.4 Å². The Kier molecular flexibility index (Phi) is 8.17. The first-order chi connectivity index (χ1) is 17.9. The Balaban J connectivity index is 1.69. The van der Waals surface area contributed by atoms with E-state index in [-0.39, 0.29) is 23.9 Å². The summed E-state index contributed by atoms with van der Waals surface area (Å²) in [6, 6.07) is 21.2. The molecule has 0 radical (unpaired) electrons. The number of aromatic nitrogens is 1. The minimum Gasteiger partial charge on any atom is -0.497 e. The number of nitrogens with zero attached hydrogens (tertiary/aromatic N) is 3. The molecule has 0 fully saturated rings. The third kappa shape index (κ3) is 5.80. The van der Waals surface area contributed by atoms with Crippen LogP contribution in [0.15, 0.2) is 103 Å². The summed E-state index contributed by atoms with van der Waals surface area (Å²) in [6.07, 6.45) is 3.04. The van der Waals surface area contributed by atoms with Gasteiger partial charge in [-0.15, -0.1) is 13.2 Å². The van der Waals surface area contributed by atoms with Crippen molar-refractivity contribution >= 4 is 42.6 Å². The molecule has 0 bridgehead atoms. The first kappa shape index (κ1) is 26.3. The van der Waals surface area contributed by atoms with Crippen LogP contribution < -0.4 is 9.64 Å². The molecular formula is C28H27N3O4S2. The zero-order valence-electron chi connectivity index (χ0n) is 20.4. The van der Waals surface area contributed by atoms with Crippen molar-refractivity contribution in [1.82, 2.24) is 9.29 Å². The Morgan fingerprint density at radius 2 is 1.68 bits per heavy atom. The van der Waals surface area contributed by atoms with E-state index in [1.807, 2.05) is 48.5 Å². The highest BCUT2D eigenvalue weighted by Crippen LogP contribution is 2.33. The number of carbonyl (C=O) groups excluding carboxylic acids is 1. The Morgan fingerprint density at radius 3 is 2.30 bits per heavy atom. The summed E-state index contributed by atoms with van der Waals surface area (Å²) in [5.41, 5.74) is 2.03. The van der Waals surface area contributed by atoms with Crippen LogP contribution in [0.5, 0.6) is 5.75 Å². The van der Waals surface area contributed by atoms with E-state index in [2.05, 4.69) is 13.2 Å². The van der Waals surface area contributed by atoms with Crippen LogP contribution in [0, 0.1) is 0 Å². The summed E-state index contributed by atoms with van der Waals surface area (Å²) in [4.78, 5) is 20.1. The van der Waals surface area contributed by atoms with Gasteiger partial charge in [-0.1, -0.05) is 53.8 Å². The predicted molar refractivity (Wildman–Crippen MR) is 149 cm³/mol. The molecule has 0 saturated carbocycles. The van der Waals surface area contributed by atoms with E-state index in [4.69, 9.17) is 9.72 Å². The molecule has 0 atom stereocenters. The van der Waals surface area contributed by atoms with Crippen molar-refractivity contribution in [3.63, 3.8) is 0 Å². The van der Waals surface area contributed by atoms with Crippen molar-refractivity contribution in [1.29, 1.82) is 0 Å². The second-order valence-electron chi connectivity index (χ2n) is 8.13. The van der Waals surface area contributed by atoms with Crippen molar-refractivity contribution < 1.29 is 17.9 Å². The molecule has 190 valence electrons. The number of carbonyl (C=O) groups is 1. The average molecular weight is 534 g/mol. The Bertz CT molecular complexity index is 1500. The molecule has 7 nitrogen and oxygen atoms in total. The van der Waals surface area contributed by atoms with Gasteiger partial charge in [0, 0.05) is 24.7 Å². The molecule has 3 aromatic carbocycles. The number of hydrogen-bond acceptors (Lipinski definition) is 6. The Labute approximate surface area is 221 Å². The lowest BCUT2D eigenvalue weighted by atomic mass is 10.1. The van der Waals surface area contributed by atoms with Crippen LogP contribution in [0.2, 0.25) is 0 Å². The first-order valence-electron chi connectivity index (χ1n) is 11.5. The largest absolute Gasteiger partial charge is 0.497 e. The molecule has 1 heterocycles. The van der Waals surface area contributed by atoms with Crippen LogP contribution in [-0.2, 0) is 16.6 Å². The van der Waals surface area contributed by atoms with E-state index >= 15 is 0 Å². The monoisotopic (exact) mass is 533 g/mol. The number of hydrogen-bond donors (Lipinski definition) is 0. The lowest BCUT2D eigenvalue weighted by Crippen LogP contribution is -2.32. The molecule has 0 spiro atoms. The zero-order valence-corrected chi connectivity index (χ0v) is 22.0. The first-order valence-corrected chi connectivity index (χ1v) is 13.8. The quantitative estimate of drug-likeness (QED) is 0.237. The van der Waals surface area contributed by atoms with E-state index in [9.17, 15) is 13.2 Å². The molecule has 0 aliphatic rings. The van der Waals surface area contributed by atoms with Crippen molar-refractivity contribution in [2.75, 3.05) is 25.1 Å². The predicted octanol–water partition coefficient (Wildman–Crippen LogP) is 5.51. The summed E-state index contributed by atoms with van der Waals surface area (Å²) in [5, 5.41) is 0.539. The van der Waals surface area contributed by atoms with Gasteiger partial charge in [-0.3, -0.25) is 9.69 Å². The maximum atomic E-state index is 13.7. The number of sulfonamides is 1. The summed E-state index contributed by atoms with van der Waals surface area (Å²) in [5.74, 6) is 0.400. The number of amides is 1. The lowest BCUT2D eigenvalue weighted by Gasteiger charge is -2.21. The number of ether oxygens (including phenoxy) is 1. The second kappa shape index (κ2) is 11.5. The molecule has 0 saturated heterocycles. The van der Waals surface area contributed by atoms with E-state index in [0.29, 0.717) is 23.0 Å². The molecule has 0 unspecified atom stereocenters. The maximum Gasteiger partial charge on any atom is 0.260 e. The van der Waals surface area contributed by atoms with Crippen molar-refractivity contribution in [2.24, 2.45) is 0 Å². The van der Waals surface area contributed by atoms with Gasteiger partial charge in [0.1, 0.15) is 5.75 Å². The Hall–Kier alpha value is -3.79. The number of fused-ring (bicyclic) bond motifs is 1. The standard InChI is InChI=1S/C28H27N3O4S2/c1-4-17-30(18-5-2)37(33,34)24-14-11-22(12-15-24)27(32)31(20-21-9-7-6-8-10-21)28-29-25-19-23(35-3)13-16-26(25)36-28/h4-16,19H,1-2,17-18,20H2,3H3. The van der Waals surface area contributed by atoms with Gasteiger partial charge in [0.15, 0.2) is 5.13 Å². The smallest absolute Gasteiger partial charge is 0.260 e. The van der Waals surface area contributed by atoms with Crippen LogP contribution in [0.3, 0.4) is 0 Å². The van der Waals surface area contributed by atoms with E-state index in [1.54, 1.807) is 12.0 Å². The molecule has 1 amide bonds. The van der Waals surface area contributed by atoms with Gasteiger partial charge in [-0.25, -0.2) is 13.4 Å². The molecule has 37 heavy (non-hydrogen) atoms. The fourth-order valence-electron chi connectivity index (χ4n) is 3.76. The van der Waals surface area contributed by atoms with Crippen LogP contribution in [0.1, 0.15) is 15.9 Å². The number of benzene rings is 3. The van der Waals surface area contributed by atoms with Gasteiger partial charge in [-0.2, -0.15) is 4.31 Å². The van der Waals surface area contributed by atoms with Gasteiger partial charge in [0.05, 0.1) is 28.8 Å². The SMILES string of the molecule is C=CCN(CC=C)S(=O)(=O)c1ccc(C(=O)N(Cc2ccccc2)c2nc3cc(OC)ccc3s2)cc1. The van der Waals surface area contributed by atoms with Crippen molar-refractivity contribution in [3.8, 4) is 5.75 Å². The fraction of sp³-hybridized carbons (Fsp3) is 0.143. The molecular weight excluding hydrogens is 506 g/mol. The molecule has 4 aromatic rings. The summed E-state index contributed by atoms with van der Waals surface area (Å²) in [7, 11) is -2.17.